The molecule has 2 aromatic rings. The van der Waals surface area contributed by atoms with Crippen LogP contribution in [0.5, 0.6) is 5.88 Å². The van der Waals surface area contributed by atoms with Gasteiger partial charge >= 0.3 is 0 Å². The van der Waals surface area contributed by atoms with E-state index in [4.69, 9.17) is 4.74 Å². The number of fused-ring (bicyclic) bond motifs is 1. The van der Waals surface area contributed by atoms with Gasteiger partial charge in [-0.2, -0.15) is 0 Å². The van der Waals surface area contributed by atoms with Gasteiger partial charge in [-0.05, 0) is 19.1 Å². The van der Waals surface area contributed by atoms with Crippen molar-refractivity contribution in [2.75, 3.05) is 7.11 Å². The molecule has 2 heterocycles. The molecule has 2 aromatic heterocycles. The summed E-state index contributed by atoms with van der Waals surface area (Å²) in [6.07, 6.45) is 0. The van der Waals surface area contributed by atoms with Gasteiger partial charge < -0.3 is 9.30 Å². The van der Waals surface area contributed by atoms with E-state index in [1.54, 1.807) is 7.11 Å². The Kier molecular flexibility index (Phi) is 1.72. The molecule has 0 N–H and O–H groups in total. The summed E-state index contributed by atoms with van der Waals surface area (Å²) in [4.78, 5) is 4.33. The summed E-state index contributed by atoms with van der Waals surface area (Å²) in [7, 11) is 3.66. The normalized spacial score (nSPS) is 10.7. The van der Waals surface area contributed by atoms with Crippen molar-refractivity contribution >= 4 is 11.0 Å². The molecule has 3 heteroatoms. The van der Waals surface area contributed by atoms with Crippen molar-refractivity contribution < 1.29 is 4.74 Å². The summed E-state index contributed by atoms with van der Waals surface area (Å²) in [6.45, 7) is 2.06. The number of hydrogen-bond donors (Lipinski definition) is 0. The molecule has 0 radical (unpaired) electrons. The van der Waals surface area contributed by atoms with Gasteiger partial charge in [-0.1, -0.05) is 0 Å². The molecule has 0 saturated heterocycles. The van der Waals surface area contributed by atoms with E-state index in [0.29, 0.717) is 5.88 Å². The van der Waals surface area contributed by atoms with Crippen LogP contribution in [0.15, 0.2) is 18.2 Å². The first kappa shape index (κ1) is 8.10. The molecule has 0 unspecified atom stereocenters. The number of aryl methyl sites for hydroxylation is 2. The third-order valence-electron chi connectivity index (χ3n) is 2.32. The van der Waals surface area contributed by atoms with Gasteiger partial charge in [-0.25, -0.2) is 4.98 Å². The number of rotatable bonds is 1. The summed E-state index contributed by atoms with van der Waals surface area (Å²) < 4.78 is 7.16. The highest BCUT2D eigenvalue weighted by atomic mass is 16.5. The van der Waals surface area contributed by atoms with E-state index in [-0.39, 0.29) is 0 Å². The molecule has 0 atom stereocenters. The third-order valence-corrected chi connectivity index (χ3v) is 2.32. The lowest BCUT2D eigenvalue weighted by atomic mass is 10.4. The summed E-state index contributed by atoms with van der Waals surface area (Å²) in [5.74, 6) is 0.665. The number of hydrogen-bond acceptors (Lipinski definition) is 2. The highest BCUT2D eigenvalue weighted by Gasteiger charge is 2.03. The van der Waals surface area contributed by atoms with Gasteiger partial charge in [0.05, 0.1) is 18.1 Å². The molecule has 0 aromatic carbocycles. The lowest BCUT2D eigenvalue weighted by Gasteiger charge is -1.99. The summed E-state index contributed by atoms with van der Waals surface area (Å²) in [6, 6.07) is 5.95. The second-order valence-corrected chi connectivity index (χ2v) is 3.10. The minimum Gasteiger partial charge on any atom is -0.481 e. The Bertz CT molecular complexity index is 445. The molecule has 0 aliphatic carbocycles. The topological polar surface area (TPSA) is 27.1 Å². The van der Waals surface area contributed by atoms with E-state index in [2.05, 4.69) is 22.5 Å². The Morgan fingerprint density at radius 3 is 2.85 bits per heavy atom. The van der Waals surface area contributed by atoms with Crippen molar-refractivity contribution in [1.29, 1.82) is 0 Å². The van der Waals surface area contributed by atoms with Gasteiger partial charge in [0.2, 0.25) is 5.88 Å². The zero-order chi connectivity index (χ0) is 9.42. The first-order chi connectivity index (χ1) is 6.22. The average molecular weight is 176 g/mol. The van der Waals surface area contributed by atoms with E-state index in [9.17, 15) is 0 Å². The lowest BCUT2D eigenvalue weighted by Crippen LogP contribution is -1.90. The van der Waals surface area contributed by atoms with Gasteiger partial charge in [-0.3, -0.25) is 0 Å². The Labute approximate surface area is 77.0 Å². The number of pyridine rings is 1. The number of methoxy groups -OCH3 is 1. The van der Waals surface area contributed by atoms with Crippen molar-refractivity contribution in [2.45, 2.75) is 6.92 Å². The largest absolute Gasteiger partial charge is 0.481 e. The quantitative estimate of drug-likeness (QED) is 0.663. The fraction of sp³-hybridized carbons (Fsp3) is 0.300. The van der Waals surface area contributed by atoms with Crippen LogP contribution in [0.1, 0.15) is 5.69 Å². The van der Waals surface area contributed by atoms with Crippen LogP contribution in [0.25, 0.3) is 11.0 Å². The van der Waals surface area contributed by atoms with E-state index < -0.39 is 0 Å². The molecule has 0 fully saturated rings. The zero-order valence-corrected chi connectivity index (χ0v) is 8.03. The SMILES string of the molecule is COc1ccc2c(cc(C)n2C)n1. The van der Waals surface area contributed by atoms with Gasteiger partial charge in [0, 0.05) is 18.8 Å². The van der Waals surface area contributed by atoms with Crippen molar-refractivity contribution in [3.05, 3.63) is 23.9 Å². The third kappa shape index (κ3) is 1.16. The highest BCUT2D eigenvalue weighted by Crippen LogP contribution is 2.19. The first-order valence-corrected chi connectivity index (χ1v) is 4.19. The van der Waals surface area contributed by atoms with Crippen LogP contribution in [0, 0.1) is 6.92 Å². The molecule has 0 bridgehead atoms. The summed E-state index contributed by atoms with van der Waals surface area (Å²) in [5.41, 5.74) is 3.33. The van der Waals surface area contributed by atoms with Crippen molar-refractivity contribution in [2.24, 2.45) is 7.05 Å². The molecule has 3 nitrogen and oxygen atoms in total. The Balaban J connectivity index is 2.73. The molecular weight excluding hydrogens is 164 g/mol. The first-order valence-electron chi connectivity index (χ1n) is 4.19. The van der Waals surface area contributed by atoms with Crippen LogP contribution >= 0.6 is 0 Å². The number of aromatic nitrogens is 2. The van der Waals surface area contributed by atoms with Crippen LogP contribution in [-0.2, 0) is 7.05 Å². The second-order valence-electron chi connectivity index (χ2n) is 3.10. The Hall–Kier alpha value is -1.51. The molecule has 0 aliphatic heterocycles. The highest BCUT2D eigenvalue weighted by molar-refractivity contribution is 5.77. The van der Waals surface area contributed by atoms with Gasteiger partial charge in [0.15, 0.2) is 0 Å². The summed E-state index contributed by atoms with van der Waals surface area (Å²) in [5, 5.41) is 0. The predicted molar refractivity (Wildman–Crippen MR) is 52.0 cm³/mol. The maximum absolute atomic E-state index is 5.05. The molecule has 2 rings (SSSR count). The standard InChI is InChI=1S/C10H12N2O/c1-7-6-8-9(12(7)2)4-5-10(11-8)13-3/h4-6H,1-3H3. The lowest BCUT2D eigenvalue weighted by molar-refractivity contribution is 0.399. The smallest absolute Gasteiger partial charge is 0.213 e. The van der Waals surface area contributed by atoms with E-state index in [1.165, 1.54) is 5.69 Å². The van der Waals surface area contributed by atoms with E-state index in [1.807, 2.05) is 19.2 Å². The van der Waals surface area contributed by atoms with Gasteiger partial charge in [0.25, 0.3) is 0 Å². The molecule has 0 aliphatic rings. The fourth-order valence-electron chi connectivity index (χ4n) is 1.44. The monoisotopic (exact) mass is 176 g/mol. The number of nitrogens with zero attached hydrogens (tertiary/aromatic N) is 2. The van der Waals surface area contributed by atoms with Crippen LogP contribution in [0.3, 0.4) is 0 Å². The maximum Gasteiger partial charge on any atom is 0.213 e. The van der Waals surface area contributed by atoms with Crippen molar-refractivity contribution in [1.82, 2.24) is 9.55 Å². The van der Waals surface area contributed by atoms with Crippen molar-refractivity contribution in [3.8, 4) is 5.88 Å². The fourth-order valence-corrected chi connectivity index (χ4v) is 1.44. The molecule has 68 valence electrons. The zero-order valence-electron chi connectivity index (χ0n) is 8.03. The minimum atomic E-state index is 0.665. The van der Waals surface area contributed by atoms with E-state index >= 15 is 0 Å². The Morgan fingerprint density at radius 2 is 2.15 bits per heavy atom. The van der Waals surface area contributed by atoms with Crippen LogP contribution in [-0.4, -0.2) is 16.7 Å². The number of ether oxygens (including phenoxy) is 1. The van der Waals surface area contributed by atoms with Crippen molar-refractivity contribution in [3.63, 3.8) is 0 Å². The van der Waals surface area contributed by atoms with E-state index in [0.717, 1.165) is 11.0 Å². The minimum absolute atomic E-state index is 0.665. The Morgan fingerprint density at radius 1 is 1.38 bits per heavy atom. The second kappa shape index (κ2) is 2.76. The van der Waals surface area contributed by atoms with Gasteiger partial charge in [-0.15, -0.1) is 0 Å². The van der Waals surface area contributed by atoms with Gasteiger partial charge in [0.1, 0.15) is 0 Å². The van der Waals surface area contributed by atoms with Crippen LogP contribution < -0.4 is 4.74 Å². The van der Waals surface area contributed by atoms with Crippen LogP contribution in [0.2, 0.25) is 0 Å². The molecule has 0 spiro atoms. The molecule has 0 amide bonds. The maximum atomic E-state index is 5.05. The molecule has 13 heavy (non-hydrogen) atoms. The average Bonchev–Trinajstić information content (AvgIpc) is 2.42. The predicted octanol–water partition coefficient (Wildman–Crippen LogP) is 1.89. The molecule has 0 saturated carbocycles. The van der Waals surface area contributed by atoms with Crippen LogP contribution in [0.4, 0.5) is 0 Å². The summed E-state index contributed by atoms with van der Waals surface area (Å²) >= 11 is 0. The molecular formula is C10H12N2O.